The molecule has 168 valence electrons. The van der Waals surface area contributed by atoms with Crippen LogP contribution >= 0.6 is 12.2 Å². The Kier molecular flexibility index (Phi) is 6.37. The molecule has 0 aliphatic rings. The van der Waals surface area contributed by atoms with Gasteiger partial charge in [-0.05, 0) is 78.7 Å². The lowest BCUT2D eigenvalue weighted by Gasteiger charge is -2.12. The molecule has 4 rings (SSSR count). The van der Waals surface area contributed by atoms with Crippen molar-refractivity contribution in [3.8, 4) is 11.4 Å². The topological polar surface area (TPSA) is 81.1 Å². The lowest BCUT2D eigenvalue weighted by Crippen LogP contribution is -2.34. The van der Waals surface area contributed by atoms with Gasteiger partial charge in [0.15, 0.2) is 5.11 Å². The number of aromatic nitrogens is 3. The van der Waals surface area contributed by atoms with Crippen LogP contribution < -0.4 is 15.4 Å². The van der Waals surface area contributed by atoms with Crippen LogP contribution in [0.15, 0.2) is 60.7 Å². The normalized spacial score (nSPS) is 10.9. The summed E-state index contributed by atoms with van der Waals surface area (Å²) in [5.74, 6) is 0.749. The predicted octanol–water partition coefficient (Wildman–Crippen LogP) is 4.99. The molecule has 4 aromatic rings. The SMILES string of the molecule is COc1cccc(C(=O)NC(=S)Nc2cc3nn(-c4ccc(C(C)C)cc4)nc3cc2C)c1. The fraction of sp³-hybridized carbons (Fsp3) is 0.200. The van der Waals surface area contributed by atoms with Crippen molar-refractivity contribution in [1.29, 1.82) is 0 Å². The maximum absolute atomic E-state index is 12.5. The number of nitrogens with zero attached hydrogens (tertiary/aromatic N) is 3. The van der Waals surface area contributed by atoms with Gasteiger partial charge in [-0.3, -0.25) is 10.1 Å². The Bertz CT molecular complexity index is 1330. The number of aryl methyl sites for hydroxylation is 1. The highest BCUT2D eigenvalue weighted by Gasteiger charge is 2.12. The van der Waals surface area contributed by atoms with E-state index in [1.807, 2.05) is 31.2 Å². The van der Waals surface area contributed by atoms with Crippen LogP contribution in [-0.4, -0.2) is 33.1 Å². The number of carbonyl (C=O) groups is 1. The number of benzene rings is 3. The second-order valence-corrected chi connectivity index (χ2v) is 8.44. The fourth-order valence-electron chi connectivity index (χ4n) is 3.40. The smallest absolute Gasteiger partial charge is 0.257 e. The number of hydrogen-bond donors (Lipinski definition) is 2. The molecule has 0 radical (unpaired) electrons. The first-order valence-corrected chi connectivity index (χ1v) is 11.0. The minimum Gasteiger partial charge on any atom is -0.497 e. The number of carbonyl (C=O) groups excluding carboxylic acids is 1. The summed E-state index contributed by atoms with van der Waals surface area (Å²) in [6, 6.07) is 18.9. The second-order valence-electron chi connectivity index (χ2n) is 8.03. The average Bonchev–Trinajstić information content (AvgIpc) is 3.22. The van der Waals surface area contributed by atoms with Gasteiger partial charge < -0.3 is 10.1 Å². The highest BCUT2D eigenvalue weighted by Crippen LogP contribution is 2.23. The third-order valence-electron chi connectivity index (χ3n) is 5.32. The Labute approximate surface area is 197 Å². The van der Waals surface area contributed by atoms with Crippen LogP contribution in [0.25, 0.3) is 16.7 Å². The summed E-state index contributed by atoms with van der Waals surface area (Å²) in [4.78, 5) is 14.1. The van der Waals surface area contributed by atoms with E-state index in [1.165, 1.54) is 5.56 Å². The quantitative estimate of drug-likeness (QED) is 0.409. The monoisotopic (exact) mass is 459 g/mol. The Morgan fingerprint density at radius 1 is 1.03 bits per heavy atom. The second kappa shape index (κ2) is 9.38. The minimum absolute atomic E-state index is 0.196. The molecule has 3 aromatic carbocycles. The van der Waals surface area contributed by atoms with E-state index >= 15 is 0 Å². The van der Waals surface area contributed by atoms with Crippen LogP contribution in [-0.2, 0) is 0 Å². The summed E-state index contributed by atoms with van der Waals surface area (Å²) in [5.41, 5.74) is 5.79. The molecule has 0 saturated carbocycles. The number of methoxy groups -OCH3 is 1. The van der Waals surface area contributed by atoms with Crippen LogP contribution in [0.3, 0.4) is 0 Å². The van der Waals surface area contributed by atoms with E-state index in [9.17, 15) is 4.79 Å². The summed E-state index contributed by atoms with van der Waals surface area (Å²) in [7, 11) is 1.55. The van der Waals surface area contributed by atoms with Crippen LogP contribution in [0.5, 0.6) is 5.75 Å². The standard InChI is InChI=1S/C25H25N5O2S/c1-15(2)17-8-10-19(11-9-17)30-28-22-12-16(3)21(14-23(22)29-30)26-25(33)27-24(31)18-6-5-7-20(13-18)32-4/h5-15H,1-4H3,(H2,26,27,31,33). The molecule has 0 aliphatic heterocycles. The predicted molar refractivity (Wildman–Crippen MR) is 134 cm³/mol. The maximum atomic E-state index is 12.5. The van der Waals surface area contributed by atoms with Gasteiger partial charge in [0.1, 0.15) is 16.8 Å². The zero-order chi connectivity index (χ0) is 23.5. The van der Waals surface area contributed by atoms with Crippen molar-refractivity contribution >= 4 is 40.0 Å². The summed E-state index contributed by atoms with van der Waals surface area (Å²) in [6.07, 6.45) is 0. The molecule has 0 atom stereocenters. The lowest BCUT2D eigenvalue weighted by molar-refractivity contribution is 0.0977. The molecule has 7 nitrogen and oxygen atoms in total. The Hall–Kier alpha value is -3.78. The zero-order valence-corrected chi connectivity index (χ0v) is 19.7. The molecular weight excluding hydrogens is 434 g/mol. The van der Waals surface area contributed by atoms with Crippen molar-refractivity contribution in [3.63, 3.8) is 0 Å². The van der Waals surface area contributed by atoms with E-state index < -0.39 is 0 Å². The van der Waals surface area contributed by atoms with E-state index in [0.717, 1.165) is 28.0 Å². The first-order valence-electron chi connectivity index (χ1n) is 10.6. The number of thiocarbonyl (C=S) groups is 1. The summed E-state index contributed by atoms with van der Waals surface area (Å²) in [5, 5.41) is 15.2. The fourth-order valence-corrected chi connectivity index (χ4v) is 3.61. The third-order valence-corrected chi connectivity index (χ3v) is 5.53. The summed E-state index contributed by atoms with van der Waals surface area (Å²) < 4.78 is 5.17. The Morgan fingerprint density at radius 2 is 1.73 bits per heavy atom. The molecule has 0 spiro atoms. The molecule has 0 unspecified atom stereocenters. The molecular formula is C25H25N5O2S. The number of amides is 1. The van der Waals surface area contributed by atoms with E-state index in [4.69, 9.17) is 17.0 Å². The van der Waals surface area contributed by atoms with Gasteiger partial charge in [0, 0.05) is 11.3 Å². The minimum atomic E-state index is -0.319. The van der Waals surface area contributed by atoms with Crippen LogP contribution in [0.2, 0.25) is 0 Å². The van der Waals surface area contributed by atoms with Gasteiger partial charge in [-0.1, -0.05) is 32.0 Å². The van der Waals surface area contributed by atoms with Gasteiger partial charge in [0.25, 0.3) is 5.91 Å². The molecule has 1 amide bonds. The van der Waals surface area contributed by atoms with Crippen molar-refractivity contribution in [2.45, 2.75) is 26.7 Å². The highest BCUT2D eigenvalue weighted by molar-refractivity contribution is 7.80. The number of anilines is 1. The molecule has 0 bridgehead atoms. The number of fused-ring (bicyclic) bond motifs is 1. The molecule has 1 aromatic heterocycles. The van der Waals surface area contributed by atoms with Crippen molar-refractivity contribution < 1.29 is 9.53 Å². The van der Waals surface area contributed by atoms with E-state index in [0.29, 0.717) is 17.2 Å². The molecule has 0 fully saturated rings. The van der Waals surface area contributed by atoms with Gasteiger partial charge >= 0.3 is 0 Å². The number of ether oxygens (including phenoxy) is 1. The first-order chi connectivity index (χ1) is 15.8. The van der Waals surface area contributed by atoms with Crippen LogP contribution in [0.4, 0.5) is 5.69 Å². The molecule has 2 N–H and O–H groups in total. The number of rotatable bonds is 5. The molecule has 33 heavy (non-hydrogen) atoms. The van der Waals surface area contributed by atoms with Gasteiger partial charge in [-0.2, -0.15) is 4.80 Å². The third kappa shape index (κ3) is 5.01. The van der Waals surface area contributed by atoms with Crippen LogP contribution in [0, 0.1) is 6.92 Å². The van der Waals surface area contributed by atoms with E-state index in [2.05, 4.69) is 46.8 Å². The van der Waals surface area contributed by atoms with Gasteiger partial charge in [-0.25, -0.2) is 0 Å². The largest absolute Gasteiger partial charge is 0.497 e. The van der Waals surface area contributed by atoms with Crippen molar-refractivity contribution in [2.75, 3.05) is 12.4 Å². The summed E-state index contributed by atoms with van der Waals surface area (Å²) in [6.45, 7) is 6.28. The zero-order valence-electron chi connectivity index (χ0n) is 18.9. The van der Waals surface area contributed by atoms with Crippen molar-refractivity contribution in [2.24, 2.45) is 0 Å². The van der Waals surface area contributed by atoms with Crippen molar-refractivity contribution in [3.05, 3.63) is 77.4 Å². The maximum Gasteiger partial charge on any atom is 0.257 e. The number of hydrogen-bond acceptors (Lipinski definition) is 5. The van der Waals surface area contributed by atoms with E-state index in [1.54, 1.807) is 36.2 Å². The van der Waals surface area contributed by atoms with Gasteiger partial charge in [0.05, 0.1) is 12.8 Å². The average molecular weight is 460 g/mol. The lowest BCUT2D eigenvalue weighted by atomic mass is 10.0. The van der Waals surface area contributed by atoms with Gasteiger partial charge in [-0.15, -0.1) is 10.2 Å². The van der Waals surface area contributed by atoms with Crippen molar-refractivity contribution in [1.82, 2.24) is 20.3 Å². The van der Waals surface area contributed by atoms with Gasteiger partial charge in [0.2, 0.25) is 0 Å². The molecule has 0 aliphatic carbocycles. The number of nitrogens with one attached hydrogen (secondary N) is 2. The molecule has 8 heteroatoms. The highest BCUT2D eigenvalue weighted by atomic mass is 32.1. The summed E-state index contributed by atoms with van der Waals surface area (Å²) >= 11 is 5.36. The van der Waals surface area contributed by atoms with Crippen LogP contribution in [0.1, 0.15) is 41.3 Å². The first kappa shape index (κ1) is 22.4. The Balaban J connectivity index is 1.51. The molecule has 0 saturated heterocycles. The molecule has 1 heterocycles. The Morgan fingerprint density at radius 3 is 2.39 bits per heavy atom. The van der Waals surface area contributed by atoms with E-state index in [-0.39, 0.29) is 11.0 Å².